The molecule has 0 radical (unpaired) electrons. The van der Waals surface area contributed by atoms with Crippen molar-refractivity contribution in [1.82, 2.24) is 4.90 Å². The van der Waals surface area contributed by atoms with Gasteiger partial charge in [-0.25, -0.2) is 0 Å². The van der Waals surface area contributed by atoms with E-state index >= 15 is 0 Å². The molecule has 5 heteroatoms. The summed E-state index contributed by atoms with van der Waals surface area (Å²) in [5.41, 5.74) is 8.19. The number of nitrogen functional groups attached to an aromatic ring is 1. The van der Waals surface area contributed by atoms with Crippen molar-refractivity contribution < 1.29 is 4.79 Å². The minimum atomic E-state index is -0.0863. The number of nitrogens with one attached hydrogen (secondary N) is 1. The largest absolute Gasteiger partial charge is 0.398 e. The van der Waals surface area contributed by atoms with Gasteiger partial charge in [0.1, 0.15) is 0 Å². The van der Waals surface area contributed by atoms with Gasteiger partial charge in [-0.05, 0) is 30.5 Å². The van der Waals surface area contributed by atoms with E-state index in [0.717, 1.165) is 12.1 Å². The summed E-state index contributed by atoms with van der Waals surface area (Å²) in [7, 11) is 0. The molecular formula is C16H24N4O. The van der Waals surface area contributed by atoms with Gasteiger partial charge in [0.25, 0.3) is 0 Å². The van der Waals surface area contributed by atoms with Gasteiger partial charge in [-0.1, -0.05) is 19.9 Å². The first-order valence-electron chi connectivity index (χ1n) is 7.17. The number of anilines is 2. The van der Waals surface area contributed by atoms with Gasteiger partial charge < -0.3 is 11.1 Å². The van der Waals surface area contributed by atoms with Crippen molar-refractivity contribution in [2.45, 2.75) is 27.2 Å². The molecule has 0 aliphatic heterocycles. The lowest BCUT2D eigenvalue weighted by atomic mass is 10.2. The van der Waals surface area contributed by atoms with E-state index in [1.807, 2.05) is 24.0 Å². The van der Waals surface area contributed by atoms with Crippen LogP contribution in [-0.2, 0) is 4.79 Å². The third-order valence-electron chi connectivity index (χ3n) is 3.09. The minimum Gasteiger partial charge on any atom is -0.398 e. The molecule has 0 aliphatic carbocycles. The standard InChI is InChI=1S/C16H24N4O/c1-12(2)10-20(8-4-7-17)11-16(21)19-14-6-5-13(3)15(18)9-14/h5-6,9,12H,4,8,10-11,18H2,1-3H3,(H,19,21). The van der Waals surface area contributed by atoms with Crippen LogP contribution in [0.15, 0.2) is 18.2 Å². The number of nitriles is 1. The SMILES string of the molecule is Cc1ccc(NC(=O)CN(CCC#N)CC(C)C)cc1N. The van der Waals surface area contributed by atoms with Crippen LogP contribution in [0.5, 0.6) is 0 Å². The van der Waals surface area contributed by atoms with Gasteiger partial charge in [0.05, 0.1) is 12.6 Å². The summed E-state index contributed by atoms with van der Waals surface area (Å²) in [5.74, 6) is 0.364. The average Bonchev–Trinajstić information content (AvgIpc) is 2.39. The zero-order valence-corrected chi connectivity index (χ0v) is 13.0. The van der Waals surface area contributed by atoms with Gasteiger partial charge in [-0.3, -0.25) is 9.69 Å². The highest BCUT2D eigenvalue weighted by Crippen LogP contribution is 2.16. The van der Waals surface area contributed by atoms with Crippen LogP contribution in [0.25, 0.3) is 0 Å². The normalized spacial score (nSPS) is 10.7. The molecule has 3 N–H and O–H groups in total. The summed E-state index contributed by atoms with van der Waals surface area (Å²) in [4.78, 5) is 14.1. The van der Waals surface area contributed by atoms with Crippen LogP contribution in [0.1, 0.15) is 25.8 Å². The van der Waals surface area contributed by atoms with Crippen LogP contribution in [0.3, 0.4) is 0 Å². The summed E-state index contributed by atoms with van der Waals surface area (Å²) in [6.07, 6.45) is 0.428. The van der Waals surface area contributed by atoms with Crippen LogP contribution >= 0.6 is 0 Å². The number of carbonyl (C=O) groups is 1. The summed E-state index contributed by atoms with van der Waals surface area (Å²) in [5, 5.41) is 11.5. The molecule has 1 amide bonds. The summed E-state index contributed by atoms with van der Waals surface area (Å²) >= 11 is 0. The van der Waals surface area contributed by atoms with Crippen LogP contribution in [0, 0.1) is 24.2 Å². The second-order valence-electron chi connectivity index (χ2n) is 5.66. The Morgan fingerprint density at radius 1 is 1.48 bits per heavy atom. The molecule has 0 aliphatic rings. The number of amides is 1. The first-order chi connectivity index (χ1) is 9.92. The van der Waals surface area contributed by atoms with E-state index in [1.165, 1.54) is 0 Å². The van der Waals surface area contributed by atoms with Crippen molar-refractivity contribution in [2.24, 2.45) is 5.92 Å². The van der Waals surface area contributed by atoms with E-state index in [-0.39, 0.29) is 12.5 Å². The third-order valence-corrected chi connectivity index (χ3v) is 3.09. The molecule has 5 nitrogen and oxygen atoms in total. The molecule has 1 rings (SSSR count). The molecular weight excluding hydrogens is 264 g/mol. The highest BCUT2D eigenvalue weighted by Gasteiger charge is 2.12. The molecule has 0 saturated carbocycles. The quantitative estimate of drug-likeness (QED) is 0.755. The summed E-state index contributed by atoms with van der Waals surface area (Å²) in [6.45, 7) is 7.81. The maximum absolute atomic E-state index is 12.1. The van der Waals surface area contributed by atoms with Crippen LogP contribution < -0.4 is 11.1 Å². The van der Waals surface area contributed by atoms with Gasteiger partial charge in [0, 0.05) is 30.9 Å². The molecule has 0 heterocycles. The lowest BCUT2D eigenvalue weighted by Gasteiger charge is -2.22. The number of aryl methyl sites for hydroxylation is 1. The van der Waals surface area contributed by atoms with Crippen molar-refractivity contribution in [1.29, 1.82) is 5.26 Å². The Labute approximate surface area is 126 Å². The maximum Gasteiger partial charge on any atom is 0.238 e. The number of nitrogens with two attached hydrogens (primary N) is 1. The molecule has 21 heavy (non-hydrogen) atoms. The Bertz CT molecular complexity index is 519. The topological polar surface area (TPSA) is 82.2 Å². The second-order valence-corrected chi connectivity index (χ2v) is 5.66. The van der Waals surface area contributed by atoms with Gasteiger partial charge in [0.2, 0.25) is 5.91 Å². The van der Waals surface area contributed by atoms with Crippen molar-refractivity contribution in [3.05, 3.63) is 23.8 Å². The Hall–Kier alpha value is -2.06. The predicted molar refractivity (Wildman–Crippen MR) is 85.7 cm³/mol. The average molecular weight is 288 g/mol. The molecule has 0 bridgehead atoms. The van der Waals surface area contributed by atoms with E-state index in [2.05, 4.69) is 25.2 Å². The fourth-order valence-electron chi connectivity index (χ4n) is 2.08. The number of hydrogen-bond donors (Lipinski definition) is 2. The molecule has 0 unspecified atom stereocenters. The molecule has 0 spiro atoms. The van der Waals surface area contributed by atoms with E-state index in [9.17, 15) is 4.79 Å². The predicted octanol–water partition coefficient (Wildman–Crippen LogP) is 2.39. The Balaban J connectivity index is 2.60. The molecule has 0 atom stereocenters. The number of nitrogens with zero attached hydrogens (tertiary/aromatic N) is 2. The van der Waals surface area contributed by atoms with E-state index in [0.29, 0.717) is 30.3 Å². The fraction of sp³-hybridized carbons (Fsp3) is 0.500. The van der Waals surface area contributed by atoms with Crippen LogP contribution in [0.2, 0.25) is 0 Å². The number of hydrogen-bond acceptors (Lipinski definition) is 4. The molecule has 114 valence electrons. The number of carbonyl (C=O) groups excluding carboxylic acids is 1. The van der Waals surface area contributed by atoms with E-state index in [4.69, 9.17) is 11.0 Å². The van der Waals surface area contributed by atoms with E-state index < -0.39 is 0 Å². The third kappa shape index (κ3) is 6.28. The maximum atomic E-state index is 12.1. The highest BCUT2D eigenvalue weighted by atomic mass is 16.2. The molecule has 1 aromatic rings. The van der Waals surface area contributed by atoms with Crippen LogP contribution in [0.4, 0.5) is 11.4 Å². The van der Waals surface area contributed by atoms with E-state index in [1.54, 1.807) is 6.07 Å². The van der Waals surface area contributed by atoms with Crippen molar-refractivity contribution in [3.63, 3.8) is 0 Å². The monoisotopic (exact) mass is 288 g/mol. The van der Waals surface area contributed by atoms with Gasteiger partial charge in [-0.15, -0.1) is 0 Å². The molecule has 1 aromatic carbocycles. The number of benzene rings is 1. The van der Waals surface area contributed by atoms with Gasteiger partial charge >= 0.3 is 0 Å². The lowest BCUT2D eigenvalue weighted by molar-refractivity contribution is -0.117. The minimum absolute atomic E-state index is 0.0863. The highest BCUT2D eigenvalue weighted by molar-refractivity contribution is 5.92. The van der Waals surface area contributed by atoms with Crippen LogP contribution in [-0.4, -0.2) is 30.4 Å². The van der Waals surface area contributed by atoms with Crippen molar-refractivity contribution in [3.8, 4) is 6.07 Å². The second kappa shape index (κ2) is 8.28. The van der Waals surface area contributed by atoms with Gasteiger partial charge in [0.15, 0.2) is 0 Å². The fourth-order valence-corrected chi connectivity index (χ4v) is 2.08. The Kier molecular flexibility index (Phi) is 6.70. The Morgan fingerprint density at radius 2 is 2.19 bits per heavy atom. The smallest absolute Gasteiger partial charge is 0.238 e. The first kappa shape index (κ1) is 17.0. The van der Waals surface area contributed by atoms with Gasteiger partial charge in [-0.2, -0.15) is 5.26 Å². The van der Waals surface area contributed by atoms with Crippen molar-refractivity contribution >= 4 is 17.3 Å². The lowest BCUT2D eigenvalue weighted by Crippen LogP contribution is -2.36. The first-order valence-corrected chi connectivity index (χ1v) is 7.17. The molecule has 0 aromatic heterocycles. The summed E-state index contributed by atoms with van der Waals surface area (Å²) in [6, 6.07) is 7.60. The summed E-state index contributed by atoms with van der Waals surface area (Å²) < 4.78 is 0. The van der Waals surface area contributed by atoms with Crippen molar-refractivity contribution in [2.75, 3.05) is 30.7 Å². The zero-order valence-electron chi connectivity index (χ0n) is 13.0. The molecule has 0 saturated heterocycles. The zero-order chi connectivity index (χ0) is 15.8. The Morgan fingerprint density at radius 3 is 2.76 bits per heavy atom. The number of rotatable bonds is 7. The molecule has 0 fully saturated rings.